The van der Waals surface area contributed by atoms with Crippen LogP contribution in [0.5, 0.6) is 5.75 Å². The molecule has 0 aliphatic carbocycles. The van der Waals surface area contributed by atoms with Crippen molar-refractivity contribution in [2.24, 2.45) is 5.73 Å². The Bertz CT molecular complexity index is 310. The maximum atomic E-state index is 9.44. The van der Waals surface area contributed by atoms with Crippen LogP contribution < -0.4 is 5.73 Å². The minimum Gasteiger partial charge on any atom is -0.508 e. The van der Waals surface area contributed by atoms with Crippen molar-refractivity contribution in [2.75, 3.05) is 0 Å². The van der Waals surface area contributed by atoms with Gasteiger partial charge >= 0.3 is 0 Å². The zero-order valence-corrected chi connectivity index (χ0v) is 6.71. The van der Waals surface area contributed by atoms with Gasteiger partial charge in [0, 0.05) is 12.1 Å². The van der Waals surface area contributed by atoms with E-state index in [0.29, 0.717) is 19.8 Å². The normalized spacial score (nSPS) is 14.8. The van der Waals surface area contributed by atoms with Crippen molar-refractivity contribution < 1.29 is 9.84 Å². The quantitative estimate of drug-likeness (QED) is 0.649. The highest BCUT2D eigenvalue weighted by atomic mass is 16.5. The Labute approximate surface area is 70.8 Å². The third-order valence-electron chi connectivity index (χ3n) is 2.21. The summed E-state index contributed by atoms with van der Waals surface area (Å²) in [6.07, 6.45) is 0. The summed E-state index contributed by atoms with van der Waals surface area (Å²) in [5.74, 6) is 0.279. The van der Waals surface area contributed by atoms with Gasteiger partial charge in [-0.05, 0) is 17.2 Å². The summed E-state index contributed by atoms with van der Waals surface area (Å²) in [6.45, 7) is 1.59. The molecule has 1 aliphatic rings. The first-order chi connectivity index (χ1) is 5.83. The zero-order chi connectivity index (χ0) is 8.55. The summed E-state index contributed by atoms with van der Waals surface area (Å²) in [7, 11) is 0. The van der Waals surface area contributed by atoms with Crippen LogP contribution in [0.15, 0.2) is 12.1 Å². The van der Waals surface area contributed by atoms with Crippen LogP contribution in [0.1, 0.15) is 16.7 Å². The van der Waals surface area contributed by atoms with E-state index >= 15 is 0 Å². The summed E-state index contributed by atoms with van der Waals surface area (Å²) in [5, 5.41) is 9.44. The molecule has 1 heterocycles. The number of ether oxygens (including phenoxy) is 1. The molecule has 1 aliphatic heterocycles. The third kappa shape index (κ3) is 0.983. The van der Waals surface area contributed by atoms with E-state index < -0.39 is 0 Å². The Morgan fingerprint density at radius 2 is 2.25 bits per heavy atom. The first kappa shape index (κ1) is 7.58. The van der Waals surface area contributed by atoms with E-state index in [0.717, 1.165) is 16.7 Å². The van der Waals surface area contributed by atoms with Crippen molar-refractivity contribution >= 4 is 0 Å². The molecule has 0 bridgehead atoms. The number of aromatic hydroxyl groups is 1. The van der Waals surface area contributed by atoms with E-state index in [4.69, 9.17) is 10.5 Å². The SMILES string of the molecule is NCc1c(O)ccc2c1COC2. The number of rotatable bonds is 1. The maximum Gasteiger partial charge on any atom is 0.120 e. The minimum absolute atomic E-state index is 0.279. The number of nitrogens with two attached hydrogens (primary N) is 1. The van der Waals surface area contributed by atoms with Crippen LogP contribution in [-0.4, -0.2) is 5.11 Å². The summed E-state index contributed by atoms with van der Waals surface area (Å²) in [4.78, 5) is 0. The van der Waals surface area contributed by atoms with Gasteiger partial charge in [-0.1, -0.05) is 6.07 Å². The van der Waals surface area contributed by atoms with Crippen molar-refractivity contribution in [2.45, 2.75) is 19.8 Å². The van der Waals surface area contributed by atoms with Crippen LogP contribution >= 0.6 is 0 Å². The van der Waals surface area contributed by atoms with E-state index in [1.807, 2.05) is 6.07 Å². The van der Waals surface area contributed by atoms with E-state index in [1.165, 1.54) is 0 Å². The molecule has 64 valence electrons. The first-order valence-corrected chi connectivity index (χ1v) is 3.93. The van der Waals surface area contributed by atoms with Gasteiger partial charge < -0.3 is 15.6 Å². The van der Waals surface area contributed by atoms with E-state index in [-0.39, 0.29) is 5.75 Å². The fourth-order valence-corrected chi connectivity index (χ4v) is 1.53. The third-order valence-corrected chi connectivity index (χ3v) is 2.21. The van der Waals surface area contributed by atoms with Crippen LogP contribution in [0.3, 0.4) is 0 Å². The van der Waals surface area contributed by atoms with Gasteiger partial charge in [-0.15, -0.1) is 0 Å². The van der Waals surface area contributed by atoms with Gasteiger partial charge in [0.1, 0.15) is 5.75 Å². The molecule has 0 saturated carbocycles. The lowest BCUT2D eigenvalue weighted by molar-refractivity contribution is 0.134. The summed E-state index contributed by atoms with van der Waals surface area (Å²) >= 11 is 0. The first-order valence-electron chi connectivity index (χ1n) is 3.93. The molecule has 0 aromatic heterocycles. The molecular formula is C9H11NO2. The molecular weight excluding hydrogens is 154 g/mol. The second-order valence-electron chi connectivity index (χ2n) is 2.90. The number of hydrogen-bond acceptors (Lipinski definition) is 3. The smallest absolute Gasteiger partial charge is 0.120 e. The number of benzene rings is 1. The molecule has 3 heteroatoms. The average molecular weight is 165 g/mol. The van der Waals surface area contributed by atoms with E-state index in [1.54, 1.807) is 6.07 Å². The molecule has 0 saturated heterocycles. The predicted octanol–water partition coefficient (Wildman–Crippen LogP) is 0.881. The van der Waals surface area contributed by atoms with Gasteiger partial charge in [-0.2, -0.15) is 0 Å². The fraction of sp³-hybridized carbons (Fsp3) is 0.333. The highest BCUT2D eigenvalue weighted by Crippen LogP contribution is 2.29. The molecule has 12 heavy (non-hydrogen) atoms. The maximum absolute atomic E-state index is 9.44. The van der Waals surface area contributed by atoms with Crippen LogP contribution in [0.2, 0.25) is 0 Å². The molecule has 0 unspecified atom stereocenters. The minimum atomic E-state index is 0.279. The topological polar surface area (TPSA) is 55.5 Å². The Kier molecular flexibility index (Phi) is 1.75. The summed E-state index contributed by atoms with van der Waals surface area (Å²) in [6, 6.07) is 3.56. The Hall–Kier alpha value is -1.06. The van der Waals surface area contributed by atoms with E-state index in [9.17, 15) is 5.11 Å². The van der Waals surface area contributed by atoms with Crippen molar-refractivity contribution in [1.82, 2.24) is 0 Å². The largest absolute Gasteiger partial charge is 0.508 e. The standard InChI is InChI=1S/C9H11NO2/c10-3-7-8-5-12-4-6(8)1-2-9(7)11/h1-2,11H,3-5,10H2. The molecule has 0 radical (unpaired) electrons. The Balaban J connectivity index is 2.57. The molecule has 1 aromatic carbocycles. The molecule has 0 spiro atoms. The fourth-order valence-electron chi connectivity index (χ4n) is 1.53. The van der Waals surface area contributed by atoms with Gasteiger partial charge in [0.15, 0.2) is 0 Å². The average Bonchev–Trinajstić information content (AvgIpc) is 2.52. The lowest BCUT2D eigenvalue weighted by atomic mass is 10.0. The summed E-state index contributed by atoms with van der Waals surface area (Å²) in [5.41, 5.74) is 8.55. The van der Waals surface area contributed by atoms with E-state index in [2.05, 4.69) is 0 Å². The lowest BCUT2D eigenvalue weighted by Gasteiger charge is -2.06. The van der Waals surface area contributed by atoms with Crippen molar-refractivity contribution in [3.05, 3.63) is 28.8 Å². The van der Waals surface area contributed by atoms with Gasteiger partial charge in [0.05, 0.1) is 13.2 Å². The van der Waals surface area contributed by atoms with Gasteiger partial charge in [-0.3, -0.25) is 0 Å². The zero-order valence-electron chi connectivity index (χ0n) is 6.71. The number of phenolic OH excluding ortho intramolecular Hbond substituents is 1. The molecule has 3 N–H and O–H groups in total. The van der Waals surface area contributed by atoms with Crippen LogP contribution in [-0.2, 0) is 24.5 Å². The summed E-state index contributed by atoms with van der Waals surface area (Å²) < 4.78 is 5.25. The Morgan fingerprint density at radius 3 is 3.00 bits per heavy atom. The molecule has 0 atom stereocenters. The molecule has 0 amide bonds. The molecule has 3 nitrogen and oxygen atoms in total. The second-order valence-corrected chi connectivity index (χ2v) is 2.90. The van der Waals surface area contributed by atoms with Crippen LogP contribution in [0.4, 0.5) is 0 Å². The van der Waals surface area contributed by atoms with Crippen molar-refractivity contribution in [3.8, 4) is 5.75 Å². The van der Waals surface area contributed by atoms with Crippen LogP contribution in [0, 0.1) is 0 Å². The monoisotopic (exact) mass is 165 g/mol. The van der Waals surface area contributed by atoms with Gasteiger partial charge in [-0.25, -0.2) is 0 Å². The van der Waals surface area contributed by atoms with Crippen molar-refractivity contribution in [3.63, 3.8) is 0 Å². The molecule has 2 rings (SSSR count). The number of hydrogen-bond donors (Lipinski definition) is 2. The Morgan fingerprint density at radius 1 is 1.42 bits per heavy atom. The van der Waals surface area contributed by atoms with Crippen LogP contribution in [0.25, 0.3) is 0 Å². The number of fused-ring (bicyclic) bond motifs is 1. The highest BCUT2D eigenvalue weighted by molar-refractivity contribution is 5.45. The number of phenols is 1. The van der Waals surface area contributed by atoms with Gasteiger partial charge in [0.25, 0.3) is 0 Å². The molecule has 1 aromatic rings. The van der Waals surface area contributed by atoms with Crippen molar-refractivity contribution in [1.29, 1.82) is 0 Å². The lowest BCUT2D eigenvalue weighted by Crippen LogP contribution is -2.01. The highest BCUT2D eigenvalue weighted by Gasteiger charge is 2.16. The molecule has 0 fully saturated rings. The van der Waals surface area contributed by atoms with Gasteiger partial charge in [0.2, 0.25) is 0 Å². The second kappa shape index (κ2) is 2.77. The predicted molar refractivity (Wildman–Crippen MR) is 44.5 cm³/mol.